The predicted octanol–water partition coefficient (Wildman–Crippen LogP) is 2.41. The van der Waals surface area contributed by atoms with E-state index < -0.39 is 5.60 Å². The van der Waals surface area contributed by atoms with E-state index in [0.717, 1.165) is 25.6 Å². The molecule has 0 bridgehead atoms. The predicted molar refractivity (Wildman–Crippen MR) is 106 cm³/mol. The Balaban J connectivity index is 1.87. The number of likely N-dealkylation sites (tertiary alicyclic amines) is 1. The lowest BCUT2D eigenvalue weighted by Crippen LogP contribution is -2.45. The third-order valence-electron chi connectivity index (χ3n) is 4.73. The van der Waals surface area contributed by atoms with Crippen LogP contribution in [0.15, 0.2) is 27.8 Å². The summed E-state index contributed by atoms with van der Waals surface area (Å²) >= 11 is 0. The molecule has 2 unspecified atom stereocenters. The molecule has 1 aromatic heterocycles. The number of hydrogen-bond acceptors (Lipinski definition) is 4. The summed E-state index contributed by atoms with van der Waals surface area (Å²) in [6.07, 6.45) is 4.09. The molecule has 2 atom stereocenters. The van der Waals surface area contributed by atoms with E-state index in [-0.39, 0.29) is 6.54 Å². The fourth-order valence-corrected chi connectivity index (χ4v) is 3.48. The number of furan rings is 1. The zero-order valence-electron chi connectivity index (χ0n) is 16.8. The van der Waals surface area contributed by atoms with Crippen LogP contribution >= 0.6 is 0 Å². The van der Waals surface area contributed by atoms with Crippen LogP contribution < -0.4 is 10.6 Å². The van der Waals surface area contributed by atoms with Crippen molar-refractivity contribution in [2.45, 2.75) is 46.1 Å². The maximum atomic E-state index is 10.6. The van der Waals surface area contributed by atoms with E-state index in [0.29, 0.717) is 17.6 Å². The quantitative estimate of drug-likeness (QED) is 0.488. The third kappa shape index (κ3) is 6.65. The number of rotatable bonds is 8. The van der Waals surface area contributed by atoms with Crippen molar-refractivity contribution < 1.29 is 9.52 Å². The van der Waals surface area contributed by atoms with Gasteiger partial charge in [0, 0.05) is 26.2 Å². The smallest absolute Gasteiger partial charge is 0.191 e. The summed E-state index contributed by atoms with van der Waals surface area (Å²) in [5.74, 6) is 2.63. The van der Waals surface area contributed by atoms with Crippen molar-refractivity contribution in [2.24, 2.45) is 16.8 Å². The molecule has 1 aliphatic heterocycles. The normalized spacial score (nSPS) is 21.6. The van der Waals surface area contributed by atoms with Crippen molar-refractivity contribution in [1.29, 1.82) is 0 Å². The van der Waals surface area contributed by atoms with Gasteiger partial charge in [0.05, 0.1) is 12.8 Å². The average molecular weight is 365 g/mol. The van der Waals surface area contributed by atoms with Gasteiger partial charge >= 0.3 is 0 Å². The van der Waals surface area contributed by atoms with Crippen LogP contribution in [-0.2, 0) is 5.60 Å². The van der Waals surface area contributed by atoms with Gasteiger partial charge in [-0.1, -0.05) is 13.8 Å². The largest absolute Gasteiger partial charge is 0.466 e. The summed E-state index contributed by atoms with van der Waals surface area (Å²) in [5.41, 5.74) is -1.11. The lowest BCUT2D eigenvalue weighted by molar-refractivity contribution is 0.0437. The molecule has 2 rings (SSSR count). The first-order chi connectivity index (χ1) is 12.4. The molecule has 0 amide bonds. The molecule has 0 aromatic carbocycles. The van der Waals surface area contributed by atoms with Gasteiger partial charge in [-0.25, -0.2) is 4.99 Å². The highest BCUT2D eigenvalue weighted by Gasteiger charge is 2.26. The van der Waals surface area contributed by atoms with Crippen molar-refractivity contribution in [3.05, 3.63) is 24.2 Å². The summed E-state index contributed by atoms with van der Waals surface area (Å²) < 4.78 is 5.32. The number of piperidine rings is 1. The van der Waals surface area contributed by atoms with E-state index >= 15 is 0 Å². The minimum atomic E-state index is -1.11. The van der Waals surface area contributed by atoms with E-state index in [2.05, 4.69) is 34.4 Å². The van der Waals surface area contributed by atoms with E-state index in [4.69, 9.17) is 4.42 Å². The highest BCUT2D eigenvalue weighted by Crippen LogP contribution is 2.21. The van der Waals surface area contributed by atoms with Crippen molar-refractivity contribution in [3.63, 3.8) is 0 Å². The Morgan fingerprint density at radius 3 is 2.92 bits per heavy atom. The van der Waals surface area contributed by atoms with Gasteiger partial charge in [-0.3, -0.25) is 0 Å². The van der Waals surface area contributed by atoms with Gasteiger partial charge in [0.15, 0.2) is 5.96 Å². The van der Waals surface area contributed by atoms with Gasteiger partial charge < -0.3 is 25.1 Å². The van der Waals surface area contributed by atoms with Crippen LogP contribution in [-0.4, -0.2) is 55.2 Å². The number of aliphatic imine (C=N–C) groups is 1. The summed E-state index contributed by atoms with van der Waals surface area (Å²) in [6.45, 7) is 13.8. The van der Waals surface area contributed by atoms with Gasteiger partial charge in [0.2, 0.25) is 0 Å². The minimum Gasteiger partial charge on any atom is -0.466 e. The zero-order valence-corrected chi connectivity index (χ0v) is 16.8. The second-order valence-corrected chi connectivity index (χ2v) is 7.99. The molecule has 6 nitrogen and oxygen atoms in total. The fourth-order valence-electron chi connectivity index (χ4n) is 3.48. The molecule has 0 saturated carbocycles. The van der Waals surface area contributed by atoms with E-state index in [9.17, 15) is 5.11 Å². The molecule has 0 radical (unpaired) electrons. The Bertz CT molecular complexity index is 540. The zero-order chi connectivity index (χ0) is 19.0. The van der Waals surface area contributed by atoms with Crippen molar-refractivity contribution in [1.82, 2.24) is 15.5 Å². The first-order valence-electron chi connectivity index (χ1n) is 9.91. The van der Waals surface area contributed by atoms with E-state index in [1.807, 2.05) is 6.92 Å². The molecular weight excluding hydrogens is 328 g/mol. The van der Waals surface area contributed by atoms with Gasteiger partial charge in [0.1, 0.15) is 11.4 Å². The van der Waals surface area contributed by atoms with Crippen LogP contribution in [0.4, 0.5) is 0 Å². The Kier molecular flexibility index (Phi) is 7.97. The Morgan fingerprint density at radius 1 is 1.46 bits per heavy atom. The molecule has 1 aliphatic rings. The van der Waals surface area contributed by atoms with Crippen LogP contribution in [0, 0.1) is 11.8 Å². The Labute approximate surface area is 158 Å². The van der Waals surface area contributed by atoms with Gasteiger partial charge in [-0.15, -0.1) is 0 Å². The second kappa shape index (κ2) is 9.97. The second-order valence-electron chi connectivity index (χ2n) is 7.99. The average Bonchev–Trinajstić information content (AvgIpc) is 3.13. The highest BCUT2D eigenvalue weighted by molar-refractivity contribution is 5.79. The highest BCUT2D eigenvalue weighted by atomic mass is 16.4. The molecule has 0 aliphatic carbocycles. The first kappa shape index (κ1) is 20.8. The Hall–Kier alpha value is -1.53. The summed E-state index contributed by atoms with van der Waals surface area (Å²) in [5, 5.41) is 17.3. The minimum absolute atomic E-state index is 0.250. The number of aliphatic hydroxyl groups is 1. The topological polar surface area (TPSA) is 73.0 Å². The Morgan fingerprint density at radius 2 is 2.27 bits per heavy atom. The van der Waals surface area contributed by atoms with Crippen LogP contribution in [0.1, 0.15) is 46.3 Å². The number of guanidine groups is 1. The van der Waals surface area contributed by atoms with Crippen LogP contribution in [0.3, 0.4) is 0 Å². The lowest BCUT2D eigenvalue weighted by atomic mass is 9.97. The fraction of sp³-hybridized carbons (Fsp3) is 0.750. The maximum absolute atomic E-state index is 10.6. The molecule has 1 aromatic rings. The van der Waals surface area contributed by atoms with Gasteiger partial charge in [-0.05, 0) is 57.2 Å². The lowest BCUT2D eigenvalue weighted by Gasteiger charge is -2.34. The van der Waals surface area contributed by atoms with E-state index in [1.54, 1.807) is 25.3 Å². The van der Waals surface area contributed by atoms with Crippen molar-refractivity contribution >= 4 is 5.96 Å². The molecule has 6 heteroatoms. The van der Waals surface area contributed by atoms with Crippen LogP contribution in [0.5, 0.6) is 0 Å². The molecule has 1 fully saturated rings. The van der Waals surface area contributed by atoms with Crippen LogP contribution in [0.25, 0.3) is 0 Å². The number of hydrogen-bond donors (Lipinski definition) is 3. The monoisotopic (exact) mass is 364 g/mol. The first-order valence-corrected chi connectivity index (χ1v) is 9.91. The van der Waals surface area contributed by atoms with Gasteiger partial charge in [-0.2, -0.15) is 0 Å². The van der Waals surface area contributed by atoms with E-state index in [1.165, 1.54) is 25.9 Å². The van der Waals surface area contributed by atoms with Crippen molar-refractivity contribution in [2.75, 3.05) is 39.3 Å². The maximum Gasteiger partial charge on any atom is 0.191 e. The van der Waals surface area contributed by atoms with Crippen molar-refractivity contribution in [3.8, 4) is 0 Å². The van der Waals surface area contributed by atoms with Crippen LogP contribution in [0.2, 0.25) is 0 Å². The summed E-state index contributed by atoms with van der Waals surface area (Å²) in [6, 6.07) is 3.56. The molecule has 148 valence electrons. The molecule has 1 saturated heterocycles. The summed E-state index contributed by atoms with van der Waals surface area (Å²) in [4.78, 5) is 7.14. The molecular formula is C20H36N4O2. The number of nitrogens with one attached hydrogen (secondary N) is 2. The SMILES string of the molecule is CCNC(=NCC(C)(O)c1ccco1)NCC1CCCN(CC(C)C)C1. The number of nitrogens with zero attached hydrogens (tertiary/aromatic N) is 2. The van der Waals surface area contributed by atoms with Gasteiger partial charge in [0.25, 0.3) is 0 Å². The third-order valence-corrected chi connectivity index (χ3v) is 4.73. The standard InChI is InChI=1S/C20H36N4O2/c1-5-21-19(23-15-20(4,25)18-9-7-11-26-18)22-12-17-8-6-10-24(14-17)13-16(2)3/h7,9,11,16-17,25H,5-6,8,10,12-15H2,1-4H3,(H2,21,22,23). The summed E-state index contributed by atoms with van der Waals surface area (Å²) in [7, 11) is 0. The molecule has 2 heterocycles. The molecule has 26 heavy (non-hydrogen) atoms. The molecule has 3 N–H and O–H groups in total. The molecule has 0 spiro atoms.